The molecular weight excluding hydrogens is 456 g/mol. The zero-order valence-electron chi connectivity index (χ0n) is 20.1. The van der Waals surface area contributed by atoms with Crippen LogP contribution in [-0.2, 0) is 23.0 Å². The molecular formula is C25H34N2O6S. The Balaban J connectivity index is 1.48. The van der Waals surface area contributed by atoms with Crippen LogP contribution < -0.4 is 19.5 Å². The number of fused-ring (bicyclic) bond motifs is 1. The molecule has 0 radical (unpaired) electrons. The number of ether oxygens (including phenoxy) is 3. The molecule has 2 aromatic rings. The number of sulfonamides is 1. The molecule has 0 bridgehead atoms. The van der Waals surface area contributed by atoms with Crippen molar-refractivity contribution in [3.05, 3.63) is 53.1 Å². The van der Waals surface area contributed by atoms with Crippen LogP contribution in [0, 0.1) is 0 Å². The standard InChI is InChI=1S/C25H34N2O6S/c1-4-5-14-33-22-9-7-19(8-10-22)25(28)26-12-6-15-34(29,30)27-13-11-20-16-23(31-2)24(32-3)17-21(20)18-27/h7-10,16-17H,4-6,11-15,18H2,1-3H3,(H,26,28). The first-order chi connectivity index (χ1) is 16.4. The van der Waals surface area contributed by atoms with Gasteiger partial charge in [-0.15, -0.1) is 0 Å². The lowest BCUT2D eigenvalue weighted by Crippen LogP contribution is -2.38. The molecule has 1 amide bonds. The summed E-state index contributed by atoms with van der Waals surface area (Å²) >= 11 is 0. The van der Waals surface area contributed by atoms with Gasteiger partial charge in [-0.05, 0) is 66.8 Å². The Labute approximate surface area is 202 Å². The summed E-state index contributed by atoms with van der Waals surface area (Å²) in [5.41, 5.74) is 2.50. The summed E-state index contributed by atoms with van der Waals surface area (Å²) in [7, 11) is -0.302. The van der Waals surface area contributed by atoms with E-state index in [-0.39, 0.29) is 18.2 Å². The van der Waals surface area contributed by atoms with Crippen LogP contribution in [0.15, 0.2) is 36.4 Å². The summed E-state index contributed by atoms with van der Waals surface area (Å²) in [5.74, 6) is 1.71. The maximum Gasteiger partial charge on any atom is 0.251 e. The van der Waals surface area contributed by atoms with Crippen LogP contribution in [0.5, 0.6) is 17.2 Å². The largest absolute Gasteiger partial charge is 0.494 e. The van der Waals surface area contributed by atoms with Gasteiger partial charge in [-0.3, -0.25) is 4.79 Å². The number of carbonyl (C=O) groups excluding carboxylic acids is 1. The Hall–Kier alpha value is -2.78. The van der Waals surface area contributed by atoms with Gasteiger partial charge in [0.15, 0.2) is 11.5 Å². The summed E-state index contributed by atoms with van der Waals surface area (Å²) in [5, 5.41) is 2.80. The van der Waals surface area contributed by atoms with E-state index in [4.69, 9.17) is 14.2 Å². The Morgan fingerprint density at radius 1 is 1.03 bits per heavy atom. The van der Waals surface area contributed by atoms with E-state index < -0.39 is 10.0 Å². The predicted octanol–water partition coefficient (Wildman–Crippen LogP) is 3.39. The Bertz CT molecular complexity index is 1070. The molecule has 1 N–H and O–H groups in total. The molecule has 0 saturated carbocycles. The molecule has 1 aliphatic rings. The third-order valence-electron chi connectivity index (χ3n) is 5.82. The van der Waals surface area contributed by atoms with Gasteiger partial charge in [0.05, 0.1) is 26.6 Å². The molecule has 0 saturated heterocycles. The number of methoxy groups -OCH3 is 2. The molecule has 0 unspecified atom stereocenters. The van der Waals surface area contributed by atoms with Crippen molar-refractivity contribution >= 4 is 15.9 Å². The first-order valence-corrected chi connectivity index (χ1v) is 13.2. The fraction of sp³-hybridized carbons (Fsp3) is 0.480. The molecule has 0 atom stereocenters. The predicted molar refractivity (Wildman–Crippen MR) is 131 cm³/mol. The number of benzene rings is 2. The topological polar surface area (TPSA) is 94.2 Å². The summed E-state index contributed by atoms with van der Waals surface area (Å²) in [6, 6.07) is 10.7. The lowest BCUT2D eigenvalue weighted by Gasteiger charge is -2.29. The van der Waals surface area contributed by atoms with Crippen LogP contribution in [0.3, 0.4) is 0 Å². The van der Waals surface area contributed by atoms with Gasteiger partial charge in [0.2, 0.25) is 10.0 Å². The van der Waals surface area contributed by atoms with Gasteiger partial charge in [0.1, 0.15) is 5.75 Å². The van der Waals surface area contributed by atoms with Crippen molar-refractivity contribution in [1.82, 2.24) is 9.62 Å². The minimum atomic E-state index is -3.45. The van der Waals surface area contributed by atoms with Crippen molar-refractivity contribution < 1.29 is 27.4 Å². The van der Waals surface area contributed by atoms with Gasteiger partial charge in [-0.25, -0.2) is 8.42 Å². The lowest BCUT2D eigenvalue weighted by molar-refractivity contribution is 0.0953. The molecule has 186 valence electrons. The minimum Gasteiger partial charge on any atom is -0.494 e. The van der Waals surface area contributed by atoms with Gasteiger partial charge >= 0.3 is 0 Å². The Kier molecular flexibility index (Phi) is 9.18. The van der Waals surface area contributed by atoms with Gasteiger partial charge < -0.3 is 19.5 Å². The van der Waals surface area contributed by atoms with Crippen molar-refractivity contribution in [2.45, 2.75) is 39.2 Å². The summed E-state index contributed by atoms with van der Waals surface area (Å²) in [6.07, 6.45) is 2.99. The highest BCUT2D eigenvalue weighted by molar-refractivity contribution is 7.89. The number of nitrogens with zero attached hydrogens (tertiary/aromatic N) is 1. The molecule has 3 rings (SSSR count). The second-order valence-corrected chi connectivity index (χ2v) is 10.3. The second-order valence-electron chi connectivity index (χ2n) is 8.21. The van der Waals surface area contributed by atoms with Crippen LogP contribution in [0.1, 0.15) is 47.7 Å². The second kappa shape index (κ2) is 12.1. The summed E-state index contributed by atoms with van der Waals surface area (Å²) in [6.45, 7) is 3.76. The maximum atomic E-state index is 12.9. The zero-order valence-corrected chi connectivity index (χ0v) is 20.9. The van der Waals surface area contributed by atoms with E-state index in [1.165, 1.54) is 4.31 Å². The highest BCUT2D eigenvalue weighted by Crippen LogP contribution is 2.33. The van der Waals surface area contributed by atoms with E-state index in [1.807, 2.05) is 12.1 Å². The zero-order chi connectivity index (χ0) is 24.6. The molecule has 0 aliphatic carbocycles. The average molecular weight is 491 g/mol. The van der Waals surface area contributed by atoms with Crippen LogP contribution in [-0.4, -0.2) is 58.3 Å². The smallest absolute Gasteiger partial charge is 0.251 e. The molecule has 0 fully saturated rings. The average Bonchev–Trinajstić information content (AvgIpc) is 2.85. The highest BCUT2D eigenvalue weighted by atomic mass is 32.2. The van der Waals surface area contributed by atoms with Crippen molar-refractivity contribution in [3.8, 4) is 17.2 Å². The number of nitrogens with one attached hydrogen (secondary N) is 1. The molecule has 8 nitrogen and oxygen atoms in total. The fourth-order valence-corrected chi connectivity index (χ4v) is 5.29. The van der Waals surface area contributed by atoms with Crippen molar-refractivity contribution in [3.63, 3.8) is 0 Å². The fourth-order valence-electron chi connectivity index (χ4n) is 3.82. The van der Waals surface area contributed by atoms with Gasteiger partial charge in [-0.1, -0.05) is 13.3 Å². The number of carbonyl (C=O) groups is 1. The molecule has 1 heterocycles. The SMILES string of the molecule is CCCCOc1ccc(C(=O)NCCCS(=O)(=O)N2CCc3cc(OC)c(OC)cc3C2)cc1. The van der Waals surface area contributed by atoms with E-state index in [0.717, 1.165) is 29.7 Å². The van der Waals surface area contributed by atoms with Gasteiger partial charge in [0, 0.05) is 25.2 Å². The third-order valence-corrected chi connectivity index (χ3v) is 7.73. The first kappa shape index (κ1) is 25.8. The molecule has 2 aromatic carbocycles. The third kappa shape index (κ3) is 6.64. The Morgan fingerprint density at radius 3 is 2.35 bits per heavy atom. The van der Waals surface area contributed by atoms with Crippen LogP contribution in [0.4, 0.5) is 0 Å². The quantitative estimate of drug-likeness (QED) is 0.459. The number of hydrogen-bond acceptors (Lipinski definition) is 6. The number of amides is 1. The van der Waals surface area contributed by atoms with Crippen molar-refractivity contribution in [2.24, 2.45) is 0 Å². The highest BCUT2D eigenvalue weighted by Gasteiger charge is 2.27. The summed E-state index contributed by atoms with van der Waals surface area (Å²) < 4.78 is 43.5. The van der Waals surface area contributed by atoms with Gasteiger partial charge in [-0.2, -0.15) is 4.31 Å². The number of unbranched alkanes of at least 4 members (excludes halogenated alkanes) is 1. The van der Waals surface area contributed by atoms with Crippen LogP contribution in [0.2, 0.25) is 0 Å². The molecule has 0 aromatic heterocycles. The number of hydrogen-bond donors (Lipinski definition) is 1. The number of rotatable bonds is 12. The first-order valence-electron chi connectivity index (χ1n) is 11.6. The van der Waals surface area contributed by atoms with Crippen molar-refractivity contribution in [1.29, 1.82) is 0 Å². The monoisotopic (exact) mass is 490 g/mol. The lowest BCUT2D eigenvalue weighted by atomic mass is 10.0. The van der Waals surface area contributed by atoms with E-state index in [0.29, 0.717) is 49.6 Å². The Morgan fingerprint density at radius 2 is 1.71 bits per heavy atom. The van der Waals surface area contributed by atoms with E-state index in [2.05, 4.69) is 12.2 Å². The molecule has 9 heteroatoms. The van der Waals surface area contributed by atoms with Crippen LogP contribution in [0.25, 0.3) is 0 Å². The maximum absolute atomic E-state index is 12.9. The molecule has 0 spiro atoms. The van der Waals surface area contributed by atoms with E-state index in [9.17, 15) is 13.2 Å². The van der Waals surface area contributed by atoms with E-state index >= 15 is 0 Å². The van der Waals surface area contributed by atoms with Crippen molar-refractivity contribution in [2.75, 3.05) is 39.7 Å². The van der Waals surface area contributed by atoms with E-state index in [1.54, 1.807) is 38.5 Å². The minimum absolute atomic E-state index is 0.0277. The molecule has 1 aliphatic heterocycles. The normalized spacial score (nSPS) is 13.7. The van der Waals surface area contributed by atoms with Gasteiger partial charge in [0.25, 0.3) is 5.91 Å². The van der Waals surface area contributed by atoms with Crippen LogP contribution >= 0.6 is 0 Å². The summed E-state index contributed by atoms with van der Waals surface area (Å²) in [4.78, 5) is 12.4. The molecule has 34 heavy (non-hydrogen) atoms.